The second kappa shape index (κ2) is 19.2. The van der Waals surface area contributed by atoms with Crippen molar-refractivity contribution in [2.24, 2.45) is 0 Å². The van der Waals surface area contributed by atoms with Gasteiger partial charge in [0.2, 0.25) is 0 Å². The number of fused-ring (bicyclic) bond motifs is 10. The van der Waals surface area contributed by atoms with Crippen LogP contribution in [0.1, 0.15) is 22.3 Å². The summed E-state index contributed by atoms with van der Waals surface area (Å²) in [5, 5.41) is 0. The molecule has 0 atom stereocenters. The monoisotopic (exact) mass is 1000 g/mol. The Balaban J connectivity index is 0.919. The van der Waals surface area contributed by atoms with E-state index in [-0.39, 0.29) is 0 Å². The summed E-state index contributed by atoms with van der Waals surface area (Å²) in [6.07, 6.45) is 0. The molecule has 368 valence electrons. The zero-order chi connectivity index (χ0) is 52.3. The van der Waals surface area contributed by atoms with Gasteiger partial charge in [-0.2, -0.15) is 0 Å². The maximum absolute atomic E-state index is 2.52. The minimum atomic E-state index is -0.446. The predicted octanol–water partition coefficient (Wildman–Crippen LogP) is 21.0. The smallest absolute Gasteiger partial charge is 0.0622 e. The van der Waals surface area contributed by atoms with Crippen molar-refractivity contribution in [3.63, 3.8) is 0 Å². The van der Waals surface area contributed by atoms with Crippen LogP contribution >= 0.6 is 0 Å². The summed E-state index contributed by atoms with van der Waals surface area (Å²) in [6, 6.07) is 117. The predicted molar refractivity (Wildman–Crippen MR) is 332 cm³/mol. The van der Waals surface area contributed by atoms with Crippen LogP contribution in [0.4, 0.5) is 0 Å². The summed E-state index contributed by atoms with van der Waals surface area (Å²) in [6.45, 7) is 0. The van der Waals surface area contributed by atoms with Crippen LogP contribution in [0.5, 0.6) is 0 Å². The highest BCUT2D eigenvalue weighted by atomic mass is 14.5. The molecule has 79 heavy (non-hydrogen) atoms. The van der Waals surface area contributed by atoms with Crippen LogP contribution in [0.25, 0.3) is 122 Å². The van der Waals surface area contributed by atoms with Crippen LogP contribution < -0.4 is 0 Å². The molecule has 0 amide bonds. The van der Waals surface area contributed by atoms with Crippen molar-refractivity contribution in [3.05, 3.63) is 338 Å². The fraction of sp³-hybridized carbons (Fsp3) is 0.0127. The molecule has 0 nitrogen and oxygen atoms in total. The quantitative estimate of drug-likeness (QED) is 0.135. The van der Waals surface area contributed by atoms with Gasteiger partial charge in [0.05, 0.1) is 5.41 Å². The maximum atomic E-state index is 2.52. The second-order valence-electron chi connectivity index (χ2n) is 21.2. The number of rotatable bonds is 9. The first-order chi connectivity index (χ1) is 39.1. The van der Waals surface area contributed by atoms with Gasteiger partial charge in [0.15, 0.2) is 0 Å². The van der Waals surface area contributed by atoms with E-state index < -0.39 is 5.41 Å². The first-order valence-corrected chi connectivity index (χ1v) is 27.5. The number of hydrogen-bond acceptors (Lipinski definition) is 0. The van der Waals surface area contributed by atoms with Gasteiger partial charge in [-0.3, -0.25) is 0 Å². The molecule has 13 aromatic carbocycles. The van der Waals surface area contributed by atoms with Gasteiger partial charge in [-0.15, -0.1) is 0 Å². The van der Waals surface area contributed by atoms with Gasteiger partial charge in [-0.05, 0) is 217 Å². The molecular formula is C79H52. The SMILES string of the molecule is c1ccc(-c2cc(-c3ccccc3)cc(-c3cccc(-c4cc(-c5cccc(-c6cc(-c7ccccc7)cc(-c7ccccc7)c6)c5)cc(-c5ccc6c(c5)C5(c7ccccc7-c7ccccc75)c5ccccc5-6)c4)c3)c2)cc1. The van der Waals surface area contributed by atoms with Crippen molar-refractivity contribution in [1.82, 2.24) is 0 Å². The molecular weight excluding hydrogens is 949 g/mol. The van der Waals surface area contributed by atoms with E-state index in [9.17, 15) is 0 Å². The molecule has 13 aromatic rings. The van der Waals surface area contributed by atoms with Crippen molar-refractivity contribution in [1.29, 1.82) is 0 Å². The minimum Gasteiger partial charge on any atom is -0.0622 e. The molecule has 0 saturated carbocycles. The van der Waals surface area contributed by atoms with E-state index in [0.29, 0.717) is 0 Å². The lowest BCUT2D eigenvalue weighted by Crippen LogP contribution is -2.25. The lowest BCUT2D eigenvalue weighted by molar-refractivity contribution is 0.794. The average molecular weight is 1000 g/mol. The molecule has 0 unspecified atom stereocenters. The zero-order valence-corrected chi connectivity index (χ0v) is 43.5. The van der Waals surface area contributed by atoms with Crippen LogP contribution in [-0.2, 0) is 5.41 Å². The fourth-order valence-electron chi connectivity index (χ4n) is 12.9. The molecule has 0 saturated heterocycles. The first-order valence-electron chi connectivity index (χ1n) is 27.5. The standard InChI is InChI=1S/C79H52/c1-5-21-53(22-6-1)62-43-63(54-23-7-2-8-24-54)46-66(45-62)57-29-19-31-59(41-57)68-49-69(60-32-20-30-58(42-60)67-47-64(55-25-9-3-10-26-55)44-65(48-67)56-27-11-4-12-28-56)51-70(50-68)61-39-40-74-73-35-15-18-38-77(73)79(78(74)52-61)75-36-16-13-33-71(75)72-34-14-17-37-76(72)79/h1-52H. The highest BCUT2D eigenvalue weighted by Gasteiger charge is 2.51. The van der Waals surface area contributed by atoms with Crippen LogP contribution in [-0.4, -0.2) is 0 Å². The van der Waals surface area contributed by atoms with Crippen LogP contribution in [0.2, 0.25) is 0 Å². The Bertz CT molecular complexity index is 4080. The van der Waals surface area contributed by atoms with Crippen molar-refractivity contribution < 1.29 is 0 Å². The number of benzene rings is 13. The van der Waals surface area contributed by atoms with E-state index >= 15 is 0 Å². The Labute approximate surface area is 462 Å². The summed E-state index contributed by atoms with van der Waals surface area (Å²) in [5.74, 6) is 0. The first kappa shape index (κ1) is 46.2. The zero-order valence-electron chi connectivity index (χ0n) is 43.5. The van der Waals surface area contributed by atoms with Crippen molar-refractivity contribution in [2.75, 3.05) is 0 Å². The Hall–Kier alpha value is -10.1. The largest absolute Gasteiger partial charge is 0.0725 e. The van der Waals surface area contributed by atoms with E-state index in [1.165, 1.54) is 122 Å². The molecule has 1 spiro atoms. The molecule has 0 heteroatoms. The molecule has 0 aliphatic heterocycles. The summed E-state index contributed by atoms with van der Waals surface area (Å²) in [5.41, 5.74) is 31.4. The van der Waals surface area contributed by atoms with Crippen LogP contribution in [0, 0.1) is 0 Å². The number of hydrogen-bond donors (Lipinski definition) is 0. The van der Waals surface area contributed by atoms with Crippen molar-refractivity contribution in [2.45, 2.75) is 5.41 Å². The molecule has 2 aliphatic rings. The molecule has 0 radical (unpaired) electrons. The van der Waals surface area contributed by atoms with Gasteiger partial charge in [-0.1, -0.05) is 243 Å². The van der Waals surface area contributed by atoms with Gasteiger partial charge in [0, 0.05) is 0 Å². The average Bonchev–Trinajstić information content (AvgIpc) is 3.19. The van der Waals surface area contributed by atoms with Crippen LogP contribution in [0.15, 0.2) is 315 Å². The van der Waals surface area contributed by atoms with E-state index in [2.05, 4.69) is 315 Å². The summed E-state index contributed by atoms with van der Waals surface area (Å²) in [7, 11) is 0. The third-order valence-corrected chi connectivity index (χ3v) is 16.6. The van der Waals surface area contributed by atoms with Gasteiger partial charge in [-0.25, -0.2) is 0 Å². The van der Waals surface area contributed by atoms with Crippen molar-refractivity contribution >= 4 is 0 Å². The molecule has 2 aliphatic carbocycles. The van der Waals surface area contributed by atoms with Gasteiger partial charge in [0.1, 0.15) is 0 Å². The van der Waals surface area contributed by atoms with Gasteiger partial charge in [0.25, 0.3) is 0 Å². The molecule has 0 heterocycles. The molecule has 0 aromatic heterocycles. The highest BCUT2D eigenvalue weighted by Crippen LogP contribution is 2.63. The van der Waals surface area contributed by atoms with E-state index in [1.807, 2.05) is 0 Å². The molecule has 0 bridgehead atoms. The Morgan fingerprint density at radius 3 is 0.646 bits per heavy atom. The normalized spacial score (nSPS) is 12.4. The minimum absolute atomic E-state index is 0.446. The topological polar surface area (TPSA) is 0 Å². The third-order valence-electron chi connectivity index (χ3n) is 16.6. The second-order valence-corrected chi connectivity index (χ2v) is 21.2. The summed E-state index contributed by atoms with van der Waals surface area (Å²) >= 11 is 0. The van der Waals surface area contributed by atoms with E-state index in [0.717, 1.165) is 22.3 Å². The van der Waals surface area contributed by atoms with E-state index in [4.69, 9.17) is 0 Å². The van der Waals surface area contributed by atoms with Crippen molar-refractivity contribution in [3.8, 4) is 122 Å². The summed E-state index contributed by atoms with van der Waals surface area (Å²) < 4.78 is 0. The van der Waals surface area contributed by atoms with E-state index in [1.54, 1.807) is 0 Å². The molecule has 0 N–H and O–H groups in total. The Kier molecular flexibility index (Phi) is 11.2. The lowest BCUT2D eigenvalue weighted by Gasteiger charge is -2.30. The fourth-order valence-corrected chi connectivity index (χ4v) is 12.9. The van der Waals surface area contributed by atoms with Gasteiger partial charge < -0.3 is 0 Å². The Morgan fingerprint density at radius 2 is 0.342 bits per heavy atom. The Morgan fingerprint density at radius 1 is 0.127 bits per heavy atom. The highest BCUT2D eigenvalue weighted by molar-refractivity contribution is 5.97. The van der Waals surface area contributed by atoms with Crippen LogP contribution in [0.3, 0.4) is 0 Å². The molecule has 15 rings (SSSR count). The summed E-state index contributed by atoms with van der Waals surface area (Å²) in [4.78, 5) is 0. The maximum Gasteiger partial charge on any atom is 0.0725 e. The lowest BCUT2D eigenvalue weighted by atomic mass is 9.70. The molecule has 0 fully saturated rings. The van der Waals surface area contributed by atoms with Gasteiger partial charge >= 0.3 is 0 Å². The third kappa shape index (κ3) is 8.00.